The molecule has 0 saturated heterocycles. The van der Waals surface area contributed by atoms with E-state index in [-0.39, 0.29) is 0 Å². The van der Waals surface area contributed by atoms with Gasteiger partial charge in [-0.25, -0.2) is 0 Å². The molecule has 0 spiro atoms. The molecule has 0 radical (unpaired) electrons. The maximum Gasteiger partial charge on any atom is 0.204 e. The Morgan fingerprint density at radius 1 is 0.850 bits per heavy atom. The number of H-pyrrole nitrogens is 1. The van der Waals surface area contributed by atoms with Crippen molar-refractivity contribution < 1.29 is 0 Å². The van der Waals surface area contributed by atoms with Gasteiger partial charge in [-0.05, 0) is 29.3 Å². The smallest absolute Gasteiger partial charge is 0.177 e. The quantitative estimate of drug-likeness (QED) is 0.766. The highest BCUT2D eigenvalue weighted by atomic mass is 15.5. The predicted molar refractivity (Wildman–Crippen MR) is 81.1 cm³/mol. The lowest BCUT2D eigenvalue weighted by Gasteiger charge is -2.03. The highest BCUT2D eigenvalue weighted by molar-refractivity contribution is 5.70. The molecule has 0 aliphatic rings. The molecule has 0 saturated carbocycles. The van der Waals surface area contributed by atoms with E-state index < -0.39 is 0 Å². The Morgan fingerprint density at radius 2 is 1.55 bits per heavy atom. The van der Waals surface area contributed by atoms with Crippen LogP contribution < -0.4 is 0 Å². The maximum absolute atomic E-state index is 3.99. The van der Waals surface area contributed by atoms with Crippen molar-refractivity contribution in [2.24, 2.45) is 0 Å². The summed E-state index contributed by atoms with van der Waals surface area (Å²) in [7, 11) is 0. The zero-order valence-corrected chi connectivity index (χ0v) is 12.0. The molecular formula is C16H18N4. The van der Waals surface area contributed by atoms with Gasteiger partial charge in [0, 0.05) is 5.56 Å². The molecule has 102 valence electrons. The predicted octanol–water partition coefficient (Wildman–Crippen LogP) is 3.87. The van der Waals surface area contributed by atoms with Gasteiger partial charge in [0.2, 0.25) is 5.82 Å². The van der Waals surface area contributed by atoms with E-state index in [9.17, 15) is 0 Å². The molecule has 3 aromatic rings. The number of aromatic amines is 1. The van der Waals surface area contributed by atoms with Crippen molar-refractivity contribution in [3.05, 3.63) is 54.1 Å². The molecule has 1 aromatic heterocycles. The number of nitrogens with zero attached hydrogens (tertiary/aromatic N) is 3. The number of hydrogen-bond acceptors (Lipinski definition) is 3. The van der Waals surface area contributed by atoms with E-state index in [1.807, 2.05) is 26.0 Å². The number of nitrogens with one attached hydrogen (secondary N) is 1. The largest absolute Gasteiger partial charge is 0.204 e. The molecule has 1 N–H and O–H groups in total. The first-order valence-corrected chi connectivity index (χ1v) is 6.74. The lowest BCUT2D eigenvalue weighted by molar-refractivity contribution is 0.881. The van der Waals surface area contributed by atoms with Crippen molar-refractivity contribution in [2.75, 3.05) is 0 Å². The SMILES string of the molecule is CC.Cc1ccc(-c2cccc(-c3nn[nH]n3)c2)cc1. The highest BCUT2D eigenvalue weighted by Gasteiger charge is 2.04. The van der Waals surface area contributed by atoms with Gasteiger partial charge in [0.15, 0.2) is 0 Å². The zero-order chi connectivity index (χ0) is 14.4. The van der Waals surface area contributed by atoms with Crippen LogP contribution in [0.2, 0.25) is 0 Å². The average Bonchev–Trinajstić information content (AvgIpc) is 3.05. The Kier molecular flexibility index (Phi) is 4.60. The molecule has 0 atom stereocenters. The lowest BCUT2D eigenvalue weighted by atomic mass is 10.0. The molecule has 3 rings (SSSR count). The van der Waals surface area contributed by atoms with Crippen molar-refractivity contribution in [3.8, 4) is 22.5 Å². The lowest BCUT2D eigenvalue weighted by Crippen LogP contribution is -1.83. The van der Waals surface area contributed by atoms with E-state index in [2.05, 4.69) is 63.9 Å². The molecule has 20 heavy (non-hydrogen) atoms. The van der Waals surface area contributed by atoms with Crippen LogP contribution >= 0.6 is 0 Å². The molecule has 2 aromatic carbocycles. The van der Waals surface area contributed by atoms with Crippen LogP contribution in [0, 0.1) is 6.92 Å². The Bertz CT molecular complexity index is 643. The fourth-order valence-electron chi connectivity index (χ4n) is 1.87. The van der Waals surface area contributed by atoms with Crippen LogP contribution in [0.3, 0.4) is 0 Å². The van der Waals surface area contributed by atoms with Crippen molar-refractivity contribution >= 4 is 0 Å². The summed E-state index contributed by atoms with van der Waals surface area (Å²) < 4.78 is 0. The summed E-state index contributed by atoms with van der Waals surface area (Å²) >= 11 is 0. The van der Waals surface area contributed by atoms with Gasteiger partial charge >= 0.3 is 0 Å². The number of tetrazole rings is 1. The second kappa shape index (κ2) is 6.61. The Morgan fingerprint density at radius 3 is 2.20 bits per heavy atom. The van der Waals surface area contributed by atoms with Gasteiger partial charge in [0.25, 0.3) is 0 Å². The first-order valence-electron chi connectivity index (χ1n) is 6.74. The Balaban J connectivity index is 0.000000704. The van der Waals surface area contributed by atoms with Gasteiger partial charge in [0.1, 0.15) is 0 Å². The number of aryl methyl sites for hydroxylation is 1. The van der Waals surface area contributed by atoms with Crippen LogP contribution in [-0.4, -0.2) is 20.6 Å². The first-order chi connectivity index (χ1) is 9.83. The van der Waals surface area contributed by atoms with Crippen molar-refractivity contribution in [2.45, 2.75) is 20.8 Å². The topological polar surface area (TPSA) is 54.5 Å². The zero-order valence-electron chi connectivity index (χ0n) is 12.0. The Labute approximate surface area is 118 Å². The molecule has 4 heteroatoms. The van der Waals surface area contributed by atoms with Crippen molar-refractivity contribution in [1.29, 1.82) is 0 Å². The van der Waals surface area contributed by atoms with Crippen LogP contribution in [0.1, 0.15) is 19.4 Å². The summed E-state index contributed by atoms with van der Waals surface area (Å²) in [6.07, 6.45) is 0. The van der Waals surface area contributed by atoms with Crippen LogP contribution in [0.25, 0.3) is 22.5 Å². The third-order valence-electron chi connectivity index (χ3n) is 2.85. The van der Waals surface area contributed by atoms with Crippen molar-refractivity contribution in [1.82, 2.24) is 20.6 Å². The second-order valence-corrected chi connectivity index (χ2v) is 4.18. The number of hydrogen-bond donors (Lipinski definition) is 1. The molecule has 0 aliphatic heterocycles. The normalized spacial score (nSPS) is 9.75. The maximum atomic E-state index is 3.99. The van der Waals surface area contributed by atoms with E-state index in [1.165, 1.54) is 11.1 Å². The molecule has 0 aliphatic carbocycles. The minimum absolute atomic E-state index is 0.615. The van der Waals surface area contributed by atoms with Gasteiger partial charge < -0.3 is 0 Å². The van der Waals surface area contributed by atoms with Crippen molar-refractivity contribution in [3.63, 3.8) is 0 Å². The molecular weight excluding hydrogens is 248 g/mol. The first kappa shape index (κ1) is 13.9. The van der Waals surface area contributed by atoms with E-state index in [0.29, 0.717) is 5.82 Å². The Hall–Kier alpha value is -2.49. The summed E-state index contributed by atoms with van der Waals surface area (Å²) in [5, 5.41) is 14.0. The van der Waals surface area contributed by atoms with E-state index in [1.54, 1.807) is 0 Å². The van der Waals surface area contributed by atoms with Crippen LogP contribution in [0.15, 0.2) is 48.5 Å². The summed E-state index contributed by atoms with van der Waals surface area (Å²) in [5.74, 6) is 0.615. The second-order valence-electron chi connectivity index (χ2n) is 4.18. The average molecular weight is 266 g/mol. The van der Waals surface area contributed by atoms with E-state index >= 15 is 0 Å². The molecule has 0 fully saturated rings. The summed E-state index contributed by atoms with van der Waals surface area (Å²) in [6.45, 7) is 6.08. The molecule has 1 heterocycles. The highest BCUT2D eigenvalue weighted by Crippen LogP contribution is 2.24. The monoisotopic (exact) mass is 266 g/mol. The molecule has 0 amide bonds. The molecule has 0 unspecified atom stereocenters. The summed E-state index contributed by atoms with van der Waals surface area (Å²) in [5.41, 5.74) is 4.55. The van der Waals surface area contributed by atoms with E-state index in [0.717, 1.165) is 11.1 Å². The fraction of sp³-hybridized carbons (Fsp3) is 0.188. The number of aromatic nitrogens is 4. The van der Waals surface area contributed by atoms with Crippen LogP contribution in [-0.2, 0) is 0 Å². The number of benzene rings is 2. The van der Waals surface area contributed by atoms with E-state index in [4.69, 9.17) is 0 Å². The molecule has 4 nitrogen and oxygen atoms in total. The van der Waals surface area contributed by atoms with Gasteiger partial charge in [-0.1, -0.05) is 61.9 Å². The van der Waals surface area contributed by atoms with Gasteiger partial charge in [-0.15, -0.1) is 10.2 Å². The standard InChI is InChI=1S/C14H12N4.C2H6/c1-10-5-7-11(8-6-10)12-3-2-4-13(9-12)14-15-17-18-16-14;1-2/h2-9H,1H3,(H,15,16,17,18);1-2H3. The minimum Gasteiger partial charge on any atom is -0.177 e. The summed E-state index contributed by atoms with van der Waals surface area (Å²) in [4.78, 5) is 0. The molecule has 0 bridgehead atoms. The van der Waals surface area contributed by atoms with Gasteiger partial charge in [-0.3, -0.25) is 0 Å². The summed E-state index contributed by atoms with van der Waals surface area (Å²) in [6, 6.07) is 16.6. The van der Waals surface area contributed by atoms with Gasteiger partial charge in [-0.2, -0.15) is 5.21 Å². The minimum atomic E-state index is 0.615. The van der Waals surface area contributed by atoms with Crippen LogP contribution in [0.4, 0.5) is 0 Å². The fourth-order valence-corrected chi connectivity index (χ4v) is 1.87. The van der Waals surface area contributed by atoms with Crippen LogP contribution in [0.5, 0.6) is 0 Å². The van der Waals surface area contributed by atoms with Gasteiger partial charge in [0.05, 0.1) is 0 Å². The number of rotatable bonds is 2. The third-order valence-corrected chi connectivity index (χ3v) is 2.85. The third kappa shape index (κ3) is 3.09.